The van der Waals surface area contributed by atoms with Crippen molar-refractivity contribution < 1.29 is 9.59 Å². The summed E-state index contributed by atoms with van der Waals surface area (Å²) >= 11 is 11.6. The highest BCUT2D eigenvalue weighted by atomic mass is 35.5. The number of Topliss-reactive ketones (excluding diaryl/α,β-unsaturated/α-hetero) is 1. The number of carbonyl (C=O) groups excluding carboxylic acids is 2. The van der Waals surface area contributed by atoms with E-state index in [1.807, 2.05) is 0 Å². The van der Waals surface area contributed by atoms with Gasteiger partial charge in [-0.3, -0.25) is 9.59 Å². The number of hydrogen-bond acceptors (Lipinski definition) is 2. The van der Waals surface area contributed by atoms with Crippen molar-refractivity contribution in [3.8, 4) is 0 Å². The molecule has 0 saturated carbocycles. The standard InChI is InChI=1S/C15H11Cl2NO2/c16-11-5-1-9(2-6-11)13(15(18)20)14(19)10-3-7-12(17)8-4-10/h1-8,13H,(H2,18,20). The van der Waals surface area contributed by atoms with Crippen LogP contribution in [-0.4, -0.2) is 11.7 Å². The number of rotatable bonds is 4. The van der Waals surface area contributed by atoms with E-state index in [2.05, 4.69) is 0 Å². The lowest BCUT2D eigenvalue weighted by Gasteiger charge is -2.13. The molecule has 0 spiro atoms. The van der Waals surface area contributed by atoms with Crippen LogP contribution in [0.15, 0.2) is 48.5 Å². The molecule has 5 heteroatoms. The Morgan fingerprint density at radius 1 is 0.850 bits per heavy atom. The molecule has 0 aliphatic rings. The predicted molar refractivity (Wildman–Crippen MR) is 79.2 cm³/mol. The lowest BCUT2D eigenvalue weighted by molar-refractivity contribution is -0.118. The maximum Gasteiger partial charge on any atom is 0.232 e. The molecule has 0 aromatic heterocycles. The van der Waals surface area contributed by atoms with E-state index in [0.29, 0.717) is 21.2 Å². The molecule has 20 heavy (non-hydrogen) atoms. The van der Waals surface area contributed by atoms with Crippen LogP contribution in [0.4, 0.5) is 0 Å². The van der Waals surface area contributed by atoms with E-state index in [0.717, 1.165) is 0 Å². The monoisotopic (exact) mass is 307 g/mol. The summed E-state index contributed by atoms with van der Waals surface area (Å²) in [6, 6.07) is 12.8. The molecule has 1 atom stereocenters. The van der Waals surface area contributed by atoms with Crippen molar-refractivity contribution in [3.63, 3.8) is 0 Å². The quantitative estimate of drug-likeness (QED) is 0.694. The van der Waals surface area contributed by atoms with Crippen LogP contribution in [-0.2, 0) is 4.79 Å². The van der Waals surface area contributed by atoms with Gasteiger partial charge in [0, 0.05) is 15.6 Å². The lowest BCUT2D eigenvalue weighted by atomic mass is 9.90. The van der Waals surface area contributed by atoms with Gasteiger partial charge in [0.25, 0.3) is 0 Å². The van der Waals surface area contributed by atoms with Gasteiger partial charge in [0.05, 0.1) is 0 Å². The van der Waals surface area contributed by atoms with E-state index in [9.17, 15) is 9.59 Å². The summed E-state index contributed by atoms with van der Waals surface area (Å²) in [5.41, 5.74) is 6.25. The average molecular weight is 308 g/mol. The smallest absolute Gasteiger partial charge is 0.232 e. The molecular formula is C15H11Cl2NO2. The fourth-order valence-corrected chi connectivity index (χ4v) is 2.13. The summed E-state index contributed by atoms with van der Waals surface area (Å²) < 4.78 is 0. The van der Waals surface area contributed by atoms with Gasteiger partial charge in [0.1, 0.15) is 5.92 Å². The van der Waals surface area contributed by atoms with Gasteiger partial charge in [0.2, 0.25) is 5.91 Å². The van der Waals surface area contributed by atoms with Gasteiger partial charge in [-0.25, -0.2) is 0 Å². The highest BCUT2D eigenvalue weighted by molar-refractivity contribution is 6.31. The first-order valence-electron chi connectivity index (χ1n) is 5.83. The largest absolute Gasteiger partial charge is 0.369 e. The van der Waals surface area contributed by atoms with Crippen molar-refractivity contribution in [1.82, 2.24) is 0 Å². The van der Waals surface area contributed by atoms with Crippen molar-refractivity contribution in [1.29, 1.82) is 0 Å². The van der Waals surface area contributed by atoms with Gasteiger partial charge in [-0.2, -0.15) is 0 Å². The number of amides is 1. The first kappa shape index (κ1) is 14.6. The molecule has 0 aliphatic heterocycles. The maximum atomic E-state index is 12.4. The van der Waals surface area contributed by atoms with Gasteiger partial charge in [-0.15, -0.1) is 0 Å². The molecule has 1 unspecified atom stereocenters. The van der Waals surface area contributed by atoms with Gasteiger partial charge >= 0.3 is 0 Å². The molecule has 0 fully saturated rings. The second-order valence-corrected chi connectivity index (χ2v) is 5.13. The summed E-state index contributed by atoms with van der Waals surface area (Å²) in [6.45, 7) is 0. The normalized spacial score (nSPS) is 11.9. The average Bonchev–Trinajstić information content (AvgIpc) is 2.41. The number of primary amides is 1. The fraction of sp³-hybridized carbons (Fsp3) is 0.0667. The van der Waals surface area contributed by atoms with Crippen LogP contribution < -0.4 is 5.73 Å². The lowest BCUT2D eigenvalue weighted by Crippen LogP contribution is -2.28. The molecule has 0 aliphatic carbocycles. The Morgan fingerprint density at radius 2 is 1.30 bits per heavy atom. The molecule has 0 radical (unpaired) electrons. The number of halogens is 2. The van der Waals surface area contributed by atoms with E-state index in [1.165, 1.54) is 0 Å². The van der Waals surface area contributed by atoms with Gasteiger partial charge in [-0.05, 0) is 42.0 Å². The molecule has 3 nitrogen and oxygen atoms in total. The van der Waals surface area contributed by atoms with Crippen LogP contribution in [0.2, 0.25) is 10.0 Å². The van der Waals surface area contributed by atoms with Crippen LogP contribution in [0, 0.1) is 0 Å². The van der Waals surface area contributed by atoms with Gasteiger partial charge in [0.15, 0.2) is 5.78 Å². The topological polar surface area (TPSA) is 60.2 Å². The number of ketones is 1. The van der Waals surface area contributed by atoms with Crippen LogP contribution in [0.5, 0.6) is 0 Å². The Morgan fingerprint density at radius 3 is 1.75 bits per heavy atom. The Labute approximate surface area is 126 Å². The molecule has 0 saturated heterocycles. The molecule has 0 bridgehead atoms. The highest BCUT2D eigenvalue weighted by Gasteiger charge is 2.27. The number of carbonyl (C=O) groups is 2. The second kappa shape index (κ2) is 6.07. The zero-order valence-corrected chi connectivity index (χ0v) is 11.9. The van der Waals surface area contributed by atoms with Crippen molar-refractivity contribution in [3.05, 3.63) is 69.7 Å². The second-order valence-electron chi connectivity index (χ2n) is 4.26. The summed E-state index contributed by atoms with van der Waals surface area (Å²) in [4.78, 5) is 24.0. The third-order valence-electron chi connectivity index (χ3n) is 2.88. The van der Waals surface area contributed by atoms with Crippen molar-refractivity contribution in [2.75, 3.05) is 0 Å². The van der Waals surface area contributed by atoms with E-state index < -0.39 is 11.8 Å². The Hall–Kier alpha value is -1.84. The number of hydrogen-bond donors (Lipinski definition) is 1. The molecule has 2 aromatic carbocycles. The summed E-state index contributed by atoms with van der Waals surface area (Å²) in [5.74, 6) is -2.10. The minimum Gasteiger partial charge on any atom is -0.369 e. The Balaban J connectivity index is 2.38. The molecule has 0 heterocycles. The SMILES string of the molecule is NC(=O)C(C(=O)c1ccc(Cl)cc1)c1ccc(Cl)cc1. The zero-order valence-electron chi connectivity index (χ0n) is 10.3. The van der Waals surface area contributed by atoms with Crippen LogP contribution in [0.3, 0.4) is 0 Å². The molecular weight excluding hydrogens is 297 g/mol. The van der Waals surface area contributed by atoms with E-state index in [4.69, 9.17) is 28.9 Å². The minimum atomic E-state index is -1.03. The predicted octanol–water partition coefficient (Wildman–Crippen LogP) is 3.45. The highest BCUT2D eigenvalue weighted by Crippen LogP contribution is 2.23. The van der Waals surface area contributed by atoms with Crippen LogP contribution in [0.25, 0.3) is 0 Å². The third-order valence-corrected chi connectivity index (χ3v) is 3.38. The van der Waals surface area contributed by atoms with E-state index in [-0.39, 0.29) is 5.78 Å². The zero-order chi connectivity index (χ0) is 14.7. The number of nitrogens with two attached hydrogens (primary N) is 1. The Kier molecular flexibility index (Phi) is 4.42. The Bertz CT molecular complexity index is 636. The molecule has 102 valence electrons. The first-order chi connectivity index (χ1) is 9.49. The molecule has 2 rings (SSSR count). The number of benzene rings is 2. The van der Waals surface area contributed by atoms with Crippen molar-refractivity contribution in [2.45, 2.75) is 5.92 Å². The van der Waals surface area contributed by atoms with Crippen molar-refractivity contribution in [2.24, 2.45) is 5.73 Å². The van der Waals surface area contributed by atoms with Crippen LogP contribution in [0.1, 0.15) is 21.8 Å². The summed E-state index contributed by atoms with van der Waals surface area (Å²) in [7, 11) is 0. The van der Waals surface area contributed by atoms with Crippen LogP contribution >= 0.6 is 23.2 Å². The van der Waals surface area contributed by atoms with E-state index in [1.54, 1.807) is 48.5 Å². The van der Waals surface area contributed by atoms with Gasteiger partial charge in [-0.1, -0.05) is 35.3 Å². The van der Waals surface area contributed by atoms with Gasteiger partial charge < -0.3 is 5.73 Å². The third kappa shape index (κ3) is 3.18. The minimum absolute atomic E-state index is 0.364. The molecule has 1 amide bonds. The molecule has 2 aromatic rings. The summed E-state index contributed by atoms with van der Waals surface area (Å²) in [6.07, 6.45) is 0. The maximum absolute atomic E-state index is 12.4. The van der Waals surface area contributed by atoms with Crippen molar-refractivity contribution >= 4 is 34.9 Å². The molecule has 2 N–H and O–H groups in total. The van der Waals surface area contributed by atoms with E-state index >= 15 is 0 Å². The fourth-order valence-electron chi connectivity index (χ4n) is 1.88. The summed E-state index contributed by atoms with van der Waals surface area (Å²) in [5, 5.41) is 1.04. The first-order valence-corrected chi connectivity index (χ1v) is 6.59.